The Labute approximate surface area is 191 Å². The van der Waals surface area contributed by atoms with Gasteiger partial charge in [0.25, 0.3) is 5.91 Å². The number of aryl methyl sites for hydroxylation is 4. The maximum Gasteiger partial charge on any atom is 0.267 e. The van der Waals surface area contributed by atoms with Crippen molar-refractivity contribution in [2.75, 3.05) is 16.0 Å². The molecule has 1 amide bonds. The van der Waals surface area contributed by atoms with Crippen molar-refractivity contribution in [2.24, 2.45) is 0 Å². The van der Waals surface area contributed by atoms with Gasteiger partial charge in [-0.25, -0.2) is 15.0 Å². The van der Waals surface area contributed by atoms with Crippen LogP contribution >= 0.6 is 11.3 Å². The van der Waals surface area contributed by atoms with E-state index in [4.69, 9.17) is 0 Å². The lowest BCUT2D eigenvalue weighted by atomic mass is 10.2. The second-order valence-corrected chi connectivity index (χ2v) is 8.68. The number of nitrogens with zero attached hydrogens (tertiary/aromatic N) is 3. The Kier molecular flexibility index (Phi) is 6.13. The molecule has 4 rings (SSSR count). The first-order chi connectivity index (χ1) is 15.4. The number of aromatic nitrogens is 3. The van der Waals surface area contributed by atoms with Crippen LogP contribution in [0.5, 0.6) is 0 Å². The molecule has 0 aliphatic carbocycles. The maximum atomic E-state index is 12.5. The predicted octanol–water partition coefficient (Wildman–Crippen LogP) is 5.91. The Morgan fingerprint density at radius 2 is 1.28 bits per heavy atom. The lowest BCUT2D eigenvalue weighted by Gasteiger charge is -2.11. The van der Waals surface area contributed by atoms with Gasteiger partial charge in [0.15, 0.2) is 0 Å². The molecule has 0 bridgehead atoms. The lowest BCUT2D eigenvalue weighted by molar-refractivity contribution is 0.103. The number of nitrogens with one attached hydrogen (secondary N) is 3. The Morgan fingerprint density at radius 3 is 1.81 bits per heavy atom. The molecule has 0 unspecified atom stereocenters. The smallest absolute Gasteiger partial charge is 0.267 e. The number of benzene rings is 2. The van der Waals surface area contributed by atoms with Crippen LogP contribution in [0.1, 0.15) is 31.8 Å². The largest absolute Gasteiger partial charge is 0.340 e. The van der Waals surface area contributed by atoms with Gasteiger partial charge in [-0.2, -0.15) is 0 Å². The first-order valence-corrected chi connectivity index (χ1v) is 11.0. The van der Waals surface area contributed by atoms with Crippen LogP contribution in [0, 0.1) is 27.7 Å². The molecule has 2 heterocycles. The van der Waals surface area contributed by atoms with Crippen molar-refractivity contribution in [3.63, 3.8) is 0 Å². The van der Waals surface area contributed by atoms with E-state index in [-0.39, 0.29) is 5.91 Å². The zero-order valence-corrected chi connectivity index (χ0v) is 19.2. The summed E-state index contributed by atoms with van der Waals surface area (Å²) in [7, 11) is 0. The molecule has 2 aromatic carbocycles. The molecule has 2 aromatic heterocycles. The number of carbonyl (C=O) groups excluding carboxylic acids is 1. The van der Waals surface area contributed by atoms with Crippen molar-refractivity contribution in [3.05, 3.63) is 81.6 Å². The van der Waals surface area contributed by atoms with Crippen molar-refractivity contribution < 1.29 is 4.79 Å². The third-order valence-electron chi connectivity index (χ3n) is 4.69. The third kappa shape index (κ3) is 5.28. The number of hydrogen-bond donors (Lipinski definition) is 3. The Morgan fingerprint density at radius 1 is 0.750 bits per heavy atom. The molecule has 32 heavy (non-hydrogen) atoms. The van der Waals surface area contributed by atoms with E-state index in [9.17, 15) is 4.79 Å². The Balaban J connectivity index is 1.44. The fourth-order valence-electron chi connectivity index (χ4n) is 3.20. The summed E-state index contributed by atoms with van der Waals surface area (Å²) in [5.74, 6) is 1.90. The average Bonchev–Trinajstić information content (AvgIpc) is 3.09. The number of thiazole rings is 1. The highest BCUT2D eigenvalue weighted by atomic mass is 32.1. The summed E-state index contributed by atoms with van der Waals surface area (Å²) in [5.41, 5.74) is 4.48. The van der Waals surface area contributed by atoms with Gasteiger partial charge < -0.3 is 16.0 Å². The summed E-state index contributed by atoms with van der Waals surface area (Å²) in [6, 6.07) is 17.5. The second kappa shape index (κ2) is 9.15. The van der Waals surface area contributed by atoms with Crippen LogP contribution in [0.4, 0.5) is 28.7 Å². The molecule has 0 saturated heterocycles. The van der Waals surface area contributed by atoms with E-state index in [1.165, 1.54) is 16.9 Å². The molecule has 0 radical (unpaired) electrons. The Hall–Kier alpha value is -3.78. The lowest BCUT2D eigenvalue weighted by Crippen LogP contribution is -2.11. The normalized spacial score (nSPS) is 10.6. The minimum atomic E-state index is -0.146. The van der Waals surface area contributed by atoms with Crippen LogP contribution in [0.15, 0.2) is 54.6 Å². The Bertz CT molecular complexity index is 1250. The fourth-order valence-corrected chi connectivity index (χ4v) is 4.01. The number of hydrogen-bond acceptors (Lipinski definition) is 7. The highest BCUT2D eigenvalue weighted by Gasteiger charge is 2.14. The summed E-state index contributed by atoms with van der Waals surface area (Å²) in [5, 5.41) is 10.4. The van der Waals surface area contributed by atoms with Crippen molar-refractivity contribution >= 4 is 45.9 Å². The van der Waals surface area contributed by atoms with Crippen molar-refractivity contribution in [1.82, 2.24) is 15.0 Å². The van der Waals surface area contributed by atoms with Crippen molar-refractivity contribution in [2.45, 2.75) is 27.7 Å². The van der Waals surface area contributed by atoms with Gasteiger partial charge >= 0.3 is 0 Å². The van der Waals surface area contributed by atoms with Gasteiger partial charge in [0.2, 0.25) is 0 Å². The van der Waals surface area contributed by atoms with Crippen LogP contribution < -0.4 is 16.0 Å². The van der Waals surface area contributed by atoms with Gasteiger partial charge in [0.1, 0.15) is 22.3 Å². The zero-order valence-electron chi connectivity index (χ0n) is 18.4. The molecular weight excluding hydrogens is 420 g/mol. The molecule has 0 aliphatic heterocycles. The van der Waals surface area contributed by atoms with Crippen LogP contribution in [-0.4, -0.2) is 20.9 Å². The van der Waals surface area contributed by atoms with E-state index in [2.05, 4.69) is 37.8 Å². The fraction of sp³-hybridized carbons (Fsp3) is 0.167. The van der Waals surface area contributed by atoms with E-state index in [1.807, 2.05) is 75.4 Å². The average molecular weight is 445 g/mol. The van der Waals surface area contributed by atoms with E-state index in [0.717, 1.165) is 22.1 Å². The molecule has 8 heteroatoms. The number of amides is 1. The van der Waals surface area contributed by atoms with Crippen LogP contribution in [0.3, 0.4) is 0 Å². The van der Waals surface area contributed by atoms with E-state index < -0.39 is 0 Å². The minimum Gasteiger partial charge on any atom is -0.340 e. The van der Waals surface area contributed by atoms with Gasteiger partial charge in [0, 0.05) is 23.1 Å². The van der Waals surface area contributed by atoms with Gasteiger partial charge in [-0.15, -0.1) is 11.3 Å². The molecule has 162 valence electrons. The van der Waals surface area contributed by atoms with E-state index >= 15 is 0 Å². The molecule has 7 nitrogen and oxygen atoms in total. The van der Waals surface area contributed by atoms with Crippen LogP contribution in [0.25, 0.3) is 0 Å². The summed E-state index contributed by atoms with van der Waals surface area (Å²) in [6.45, 7) is 7.65. The standard InChI is InChI=1S/C24H24N6OS/c1-14-5-7-18(8-6-14)28-21-13-22(27-16(3)26-21)29-19-9-11-20(12-10-19)30-24(31)23-15(2)25-17(4)32-23/h5-13H,1-4H3,(H,30,31)(H2,26,27,28,29). The monoisotopic (exact) mass is 444 g/mol. The molecule has 0 saturated carbocycles. The first kappa shape index (κ1) is 21.5. The van der Waals surface area contributed by atoms with Gasteiger partial charge in [-0.3, -0.25) is 4.79 Å². The number of anilines is 5. The second-order valence-electron chi connectivity index (χ2n) is 7.48. The van der Waals surface area contributed by atoms with Crippen molar-refractivity contribution in [3.8, 4) is 0 Å². The molecule has 0 atom stereocenters. The van der Waals surface area contributed by atoms with Crippen LogP contribution in [0.2, 0.25) is 0 Å². The maximum absolute atomic E-state index is 12.5. The number of carbonyl (C=O) groups is 1. The number of rotatable bonds is 6. The summed E-state index contributed by atoms with van der Waals surface area (Å²) < 4.78 is 0. The molecule has 3 N–H and O–H groups in total. The predicted molar refractivity (Wildman–Crippen MR) is 130 cm³/mol. The van der Waals surface area contributed by atoms with E-state index in [1.54, 1.807) is 0 Å². The topological polar surface area (TPSA) is 91.8 Å². The molecule has 0 aliphatic rings. The molecule has 4 aromatic rings. The van der Waals surface area contributed by atoms with Gasteiger partial charge in [0.05, 0.1) is 10.7 Å². The van der Waals surface area contributed by atoms with Crippen LogP contribution in [-0.2, 0) is 0 Å². The quantitative estimate of drug-likeness (QED) is 0.343. The highest BCUT2D eigenvalue weighted by Crippen LogP contribution is 2.23. The molecule has 0 fully saturated rings. The van der Waals surface area contributed by atoms with Crippen molar-refractivity contribution in [1.29, 1.82) is 0 Å². The molecular formula is C24H24N6OS. The summed E-state index contributed by atoms with van der Waals surface area (Å²) in [6.07, 6.45) is 0. The summed E-state index contributed by atoms with van der Waals surface area (Å²) >= 11 is 1.39. The van der Waals surface area contributed by atoms with Gasteiger partial charge in [-0.1, -0.05) is 17.7 Å². The summed E-state index contributed by atoms with van der Waals surface area (Å²) in [4.78, 5) is 26.4. The SMILES string of the molecule is Cc1ccc(Nc2cc(Nc3ccc(NC(=O)c4sc(C)nc4C)cc3)nc(C)n2)cc1. The van der Waals surface area contributed by atoms with Gasteiger partial charge in [-0.05, 0) is 64.1 Å². The van der Waals surface area contributed by atoms with E-state index in [0.29, 0.717) is 28.0 Å². The minimum absolute atomic E-state index is 0.146. The first-order valence-electron chi connectivity index (χ1n) is 10.2. The third-order valence-corrected chi connectivity index (χ3v) is 5.76. The highest BCUT2D eigenvalue weighted by molar-refractivity contribution is 7.13. The molecule has 0 spiro atoms. The zero-order chi connectivity index (χ0) is 22.7.